The number of aromatic amines is 1. The summed E-state index contributed by atoms with van der Waals surface area (Å²) in [6.07, 6.45) is 3.67. The van der Waals surface area contributed by atoms with E-state index in [9.17, 15) is 0 Å². The number of rotatable bonds is 3. The standard InChI is InChI=1S/C19H24Cl2N6OS/c1-18(22)10-28-11-19(18)5-7-27(8-6-19)17-24-9-14(16(25-17)26-23)29-13-4-2-3-12(20)15(13)21/h2-4,9H,5-8,10-11,22-23H2,1H3,(H,24,25,26). The lowest BCUT2D eigenvalue weighted by Crippen LogP contribution is -2.57. The molecule has 0 aliphatic carbocycles. The zero-order chi connectivity index (χ0) is 20.6. The fourth-order valence-corrected chi connectivity index (χ4v) is 5.39. The molecule has 2 fully saturated rings. The van der Waals surface area contributed by atoms with Crippen molar-refractivity contribution in [2.75, 3.05) is 31.2 Å². The van der Waals surface area contributed by atoms with Crippen LogP contribution in [0, 0.1) is 5.41 Å². The number of hydrogen-bond acceptors (Lipinski definition) is 7. The maximum absolute atomic E-state index is 6.51. The van der Waals surface area contributed by atoms with E-state index in [1.165, 1.54) is 11.8 Å². The van der Waals surface area contributed by atoms with Gasteiger partial charge in [-0.15, -0.1) is 0 Å². The van der Waals surface area contributed by atoms with Gasteiger partial charge in [0, 0.05) is 35.1 Å². The highest BCUT2D eigenvalue weighted by Gasteiger charge is 2.51. The molecular weight excluding hydrogens is 431 g/mol. The molecule has 1 unspecified atom stereocenters. The van der Waals surface area contributed by atoms with Crippen LogP contribution in [0.25, 0.3) is 0 Å². The molecule has 7 nitrogen and oxygen atoms in total. The zero-order valence-electron chi connectivity index (χ0n) is 16.1. The van der Waals surface area contributed by atoms with E-state index in [-0.39, 0.29) is 11.0 Å². The minimum absolute atomic E-state index is 0.0314. The molecule has 2 aliphatic rings. The molecule has 5 N–H and O–H groups in total. The minimum atomic E-state index is -0.287. The Labute approximate surface area is 183 Å². The second-order valence-corrected chi connectivity index (χ2v) is 9.75. The molecule has 2 aromatic rings. The number of nitrogens with two attached hydrogens (primary N) is 2. The van der Waals surface area contributed by atoms with Gasteiger partial charge >= 0.3 is 0 Å². The molecule has 156 valence electrons. The van der Waals surface area contributed by atoms with Crippen LogP contribution in [0.4, 0.5) is 5.95 Å². The van der Waals surface area contributed by atoms with Crippen molar-refractivity contribution in [3.8, 4) is 0 Å². The summed E-state index contributed by atoms with van der Waals surface area (Å²) >= 11 is 13.8. The zero-order valence-corrected chi connectivity index (χ0v) is 18.4. The lowest BCUT2D eigenvalue weighted by atomic mass is 9.67. The van der Waals surface area contributed by atoms with E-state index in [2.05, 4.69) is 26.9 Å². The van der Waals surface area contributed by atoms with Gasteiger partial charge in [0.15, 0.2) is 5.49 Å². The summed E-state index contributed by atoms with van der Waals surface area (Å²) in [5.74, 6) is 6.38. The van der Waals surface area contributed by atoms with Crippen LogP contribution in [-0.4, -0.2) is 41.8 Å². The molecule has 2 aliphatic heterocycles. The molecule has 1 atom stereocenters. The van der Waals surface area contributed by atoms with Crippen LogP contribution in [0.2, 0.25) is 10.0 Å². The van der Waals surface area contributed by atoms with Crippen molar-refractivity contribution < 1.29 is 4.74 Å². The highest BCUT2D eigenvalue weighted by molar-refractivity contribution is 7.99. The Kier molecular flexibility index (Phi) is 5.74. The molecule has 1 aromatic heterocycles. The van der Waals surface area contributed by atoms with Crippen molar-refractivity contribution in [3.63, 3.8) is 0 Å². The second kappa shape index (κ2) is 8.00. The lowest BCUT2D eigenvalue weighted by molar-refractivity contribution is 0.120. The Morgan fingerprint density at radius 3 is 2.66 bits per heavy atom. The first kappa shape index (κ1) is 20.8. The van der Waals surface area contributed by atoms with Crippen LogP contribution in [0.1, 0.15) is 19.8 Å². The molecule has 0 amide bonds. The van der Waals surface area contributed by atoms with Crippen molar-refractivity contribution in [3.05, 3.63) is 39.9 Å². The SMILES string of the molecule is CC1(N)COCC12CCN(c1ncc(Sc3cccc(Cl)c3Cl)/c(=N/N)[nH]1)CC2. The summed E-state index contributed by atoms with van der Waals surface area (Å²) in [5.41, 5.74) is 6.80. The third-order valence-electron chi connectivity index (χ3n) is 6.04. The van der Waals surface area contributed by atoms with E-state index in [0.717, 1.165) is 48.3 Å². The number of ether oxygens (including phenoxy) is 1. The fourth-order valence-electron chi connectivity index (χ4n) is 4.03. The smallest absolute Gasteiger partial charge is 0.204 e. The topological polar surface area (TPSA) is 106 Å². The summed E-state index contributed by atoms with van der Waals surface area (Å²) in [6, 6.07) is 5.49. The number of H-pyrrole nitrogens is 1. The molecule has 10 heteroatoms. The Morgan fingerprint density at radius 2 is 2.00 bits per heavy atom. The molecular formula is C19H24Cl2N6OS. The van der Waals surface area contributed by atoms with E-state index in [4.69, 9.17) is 39.5 Å². The quantitative estimate of drug-likeness (QED) is 0.486. The van der Waals surface area contributed by atoms with Gasteiger partial charge in [-0.1, -0.05) is 41.0 Å². The first-order chi connectivity index (χ1) is 13.9. The Morgan fingerprint density at radius 1 is 1.24 bits per heavy atom. The van der Waals surface area contributed by atoms with Gasteiger partial charge in [-0.3, -0.25) is 0 Å². The third-order valence-corrected chi connectivity index (χ3v) is 8.05. The maximum Gasteiger partial charge on any atom is 0.204 e. The Bertz CT molecular complexity index is 971. The summed E-state index contributed by atoms with van der Waals surface area (Å²) in [5, 5.41) is 4.91. The van der Waals surface area contributed by atoms with Crippen molar-refractivity contribution >= 4 is 40.9 Å². The number of hydrogen-bond donors (Lipinski definition) is 3. The van der Waals surface area contributed by atoms with Crippen molar-refractivity contribution in [1.82, 2.24) is 9.97 Å². The molecule has 0 saturated carbocycles. The van der Waals surface area contributed by atoms with Gasteiger partial charge in [0.05, 0.1) is 28.2 Å². The molecule has 3 heterocycles. The number of anilines is 1. The second-order valence-electron chi connectivity index (χ2n) is 7.88. The van der Waals surface area contributed by atoms with E-state index in [1.54, 1.807) is 12.3 Å². The van der Waals surface area contributed by atoms with Gasteiger partial charge in [0.2, 0.25) is 5.95 Å². The largest absolute Gasteiger partial charge is 0.379 e. The van der Waals surface area contributed by atoms with Gasteiger partial charge < -0.3 is 26.2 Å². The van der Waals surface area contributed by atoms with Crippen LogP contribution in [0.5, 0.6) is 0 Å². The Hall–Kier alpha value is -1.45. The molecule has 0 bridgehead atoms. The maximum atomic E-state index is 6.51. The number of nitrogens with one attached hydrogen (secondary N) is 1. The molecule has 4 rings (SSSR count). The number of aromatic nitrogens is 2. The predicted octanol–water partition coefficient (Wildman–Crippen LogP) is 2.98. The van der Waals surface area contributed by atoms with Gasteiger partial charge in [-0.2, -0.15) is 5.10 Å². The van der Waals surface area contributed by atoms with E-state index >= 15 is 0 Å². The summed E-state index contributed by atoms with van der Waals surface area (Å²) < 4.78 is 5.70. The van der Waals surface area contributed by atoms with Crippen molar-refractivity contribution in [2.24, 2.45) is 22.1 Å². The number of nitrogens with zero attached hydrogens (tertiary/aromatic N) is 3. The highest BCUT2D eigenvalue weighted by Crippen LogP contribution is 2.45. The normalized spacial score (nSPS) is 24.4. The minimum Gasteiger partial charge on any atom is -0.379 e. The van der Waals surface area contributed by atoms with Crippen LogP contribution in [-0.2, 0) is 4.74 Å². The molecule has 2 saturated heterocycles. The van der Waals surface area contributed by atoms with E-state index in [0.29, 0.717) is 22.1 Å². The van der Waals surface area contributed by atoms with Gasteiger partial charge in [0.25, 0.3) is 0 Å². The van der Waals surface area contributed by atoms with E-state index < -0.39 is 0 Å². The van der Waals surface area contributed by atoms with Gasteiger partial charge in [-0.25, -0.2) is 4.98 Å². The molecule has 29 heavy (non-hydrogen) atoms. The average Bonchev–Trinajstić information content (AvgIpc) is 3.00. The van der Waals surface area contributed by atoms with Gasteiger partial charge in [0.1, 0.15) is 0 Å². The third kappa shape index (κ3) is 3.84. The van der Waals surface area contributed by atoms with E-state index in [1.807, 2.05) is 12.1 Å². The van der Waals surface area contributed by atoms with Crippen LogP contribution in [0.15, 0.2) is 39.3 Å². The first-order valence-electron chi connectivity index (χ1n) is 9.42. The number of piperidine rings is 1. The number of halogens is 2. The lowest BCUT2D eigenvalue weighted by Gasteiger charge is -2.45. The average molecular weight is 455 g/mol. The molecule has 1 spiro atoms. The van der Waals surface area contributed by atoms with Crippen molar-refractivity contribution in [1.29, 1.82) is 0 Å². The van der Waals surface area contributed by atoms with Crippen molar-refractivity contribution in [2.45, 2.75) is 35.1 Å². The summed E-state index contributed by atoms with van der Waals surface area (Å²) in [4.78, 5) is 11.6. The molecule has 0 radical (unpaired) electrons. The monoisotopic (exact) mass is 454 g/mol. The summed E-state index contributed by atoms with van der Waals surface area (Å²) in [7, 11) is 0. The Balaban J connectivity index is 1.53. The fraction of sp³-hybridized carbons (Fsp3) is 0.474. The summed E-state index contributed by atoms with van der Waals surface area (Å²) in [6.45, 7) is 5.13. The van der Waals surface area contributed by atoms with Crippen LogP contribution >= 0.6 is 35.0 Å². The molecule has 1 aromatic carbocycles. The predicted molar refractivity (Wildman–Crippen MR) is 116 cm³/mol. The number of benzene rings is 1. The highest BCUT2D eigenvalue weighted by atomic mass is 35.5. The van der Waals surface area contributed by atoms with Crippen LogP contribution in [0.3, 0.4) is 0 Å². The van der Waals surface area contributed by atoms with Gasteiger partial charge in [-0.05, 0) is 31.9 Å². The van der Waals surface area contributed by atoms with Crippen LogP contribution < -0.4 is 22.0 Å². The first-order valence-corrected chi connectivity index (χ1v) is 11.0.